The van der Waals surface area contributed by atoms with Crippen molar-refractivity contribution in [3.8, 4) is 5.75 Å². The van der Waals surface area contributed by atoms with Gasteiger partial charge in [0.1, 0.15) is 5.75 Å². The minimum absolute atomic E-state index is 0.00144. The number of para-hydroxylation sites is 1. The first kappa shape index (κ1) is 13.0. The third-order valence-electron chi connectivity index (χ3n) is 3.11. The summed E-state index contributed by atoms with van der Waals surface area (Å²) in [4.78, 5) is 12.1. The molecule has 0 saturated heterocycles. The van der Waals surface area contributed by atoms with Gasteiger partial charge in [-0.3, -0.25) is 4.79 Å². The summed E-state index contributed by atoms with van der Waals surface area (Å²) < 4.78 is 0. The van der Waals surface area contributed by atoms with Crippen molar-refractivity contribution in [3.63, 3.8) is 0 Å². The van der Waals surface area contributed by atoms with Crippen LogP contribution in [0.2, 0.25) is 0 Å². The van der Waals surface area contributed by atoms with E-state index in [-0.39, 0.29) is 17.2 Å². The van der Waals surface area contributed by atoms with Crippen LogP contribution >= 0.6 is 0 Å². The number of amides is 1. The fraction of sp³-hybridized carbons (Fsp3) is 0.133. The largest absolute Gasteiger partial charge is 0.507 e. The minimum Gasteiger partial charge on any atom is -0.507 e. The molecule has 0 bridgehead atoms. The summed E-state index contributed by atoms with van der Waals surface area (Å²) in [6.07, 6.45) is 0. The number of nitrogens with one attached hydrogen (secondary N) is 1. The van der Waals surface area contributed by atoms with E-state index in [0.717, 1.165) is 5.56 Å². The molecule has 0 aliphatic carbocycles. The maximum absolute atomic E-state index is 12.1. The van der Waals surface area contributed by atoms with E-state index in [2.05, 4.69) is 5.32 Å². The number of carbonyl (C=O) groups is 1. The number of rotatable bonds is 2. The molecule has 0 aliphatic rings. The second-order valence-electron chi connectivity index (χ2n) is 4.45. The predicted molar refractivity (Wildman–Crippen MR) is 76.4 cm³/mol. The Hall–Kier alpha value is -2.49. The first-order valence-electron chi connectivity index (χ1n) is 5.95. The molecule has 2 aromatic rings. The van der Waals surface area contributed by atoms with Crippen molar-refractivity contribution in [1.29, 1.82) is 0 Å². The Labute approximate surface area is 111 Å². The van der Waals surface area contributed by atoms with Gasteiger partial charge in [0, 0.05) is 11.4 Å². The number of phenols is 1. The Morgan fingerprint density at radius 2 is 1.84 bits per heavy atom. The van der Waals surface area contributed by atoms with Gasteiger partial charge in [-0.1, -0.05) is 18.2 Å². The third kappa shape index (κ3) is 2.52. The first-order chi connectivity index (χ1) is 9.00. The smallest absolute Gasteiger partial charge is 0.259 e. The van der Waals surface area contributed by atoms with Crippen LogP contribution in [0.1, 0.15) is 21.5 Å². The summed E-state index contributed by atoms with van der Waals surface area (Å²) in [6.45, 7) is 3.58. The van der Waals surface area contributed by atoms with Crippen molar-refractivity contribution >= 4 is 17.3 Å². The van der Waals surface area contributed by atoms with E-state index < -0.39 is 0 Å². The normalized spacial score (nSPS) is 10.2. The van der Waals surface area contributed by atoms with Gasteiger partial charge in [-0.05, 0) is 43.2 Å². The van der Waals surface area contributed by atoms with Crippen molar-refractivity contribution in [2.45, 2.75) is 13.8 Å². The number of aryl methyl sites for hydroxylation is 1. The molecule has 2 rings (SSSR count). The molecular weight excluding hydrogens is 240 g/mol. The molecule has 0 fully saturated rings. The van der Waals surface area contributed by atoms with Crippen molar-refractivity contribution in [2.75, 3.05) is 11.1 Å². The number of phenolic OH excluding ortho intramolecular Hbond substituents is 1. The highest BCUT2D eigenvalue weighted by molar-refractivity contribution is 6.06. The van der Waals surface area contributed by atoms with E-state index in [1.807, 2.05) is 6.92 Å². The average molecular weight is 256 g/mol. The van der Waals surface area contributed by atoms with Crippen LogP contribution < -0.4 is 11.1 Å². The number of carbonyl (C=O) groups excluding carboxylic acids is 1. The number of hydrogen-bond acceptors (Lipinski definition) is 3. The molecule has 4 heteroatoms. The molecule has 98 valence electrons. The summed E-state index contributed by atoms with van der Waals surface area (Å²) in [5.74, 6) is -0.351. The Morgan fingerprint density at radius 1 is 1.16 bits per heavy atom. The lowest BCUT2D eigenvalue weighted by Crippen LogP contribution is -2.13. The van der Waals surface area contributed by atoms with E-state index in [9.17, 15) is 9.90 Å². The zero-order valence-electron chi connectivity index (χ0n) is 10.9. The highest BCUT2D eigenvalue weighted by Gasteiger charge is 2.13. The van der Waals surface area contributed by atoms with Gasteiger partial charge in [0.25, 0.3) is 5.91 Å². The number of hydrogen-bond donors (Lipinski definition) is 3. The van der Waals surface area contributed by atoms with Gasteiger partial charge < -0.3 is 16.2 Å². The van der Waals surface area contributed by atoms with Crippen LogP contribution in [0.25, 0.3) is 0 Å². The SMILES string of the molecule is Cc1cccc(C(=O)Nc2cccc(N)c2C)c1O. The molecule has 0 aliphatic heterocycles. The summed E-state index contributed by atoms with van der Waals surface area (Å²) >= 11 is 0. The van der Waals surface area contributed by atoms with E-state index in [1.165, 1.54) is 0 Å². The van der Waals surface area contributed by atoms with E-state index in [0.29, 0.717) is 16.9 Å². The van der Waals surface area contributed by atoms with Gasteiger partial charge >= 0.3 is 0 Å². The quantitative estimate of drug-likeness (QED) is 0.723. The van der Waals surface area contributed by atoms with E-state index >= 15 is 0 Å². The van der Waals surface area contributed by atoms with Crippen LogP contribution in [0, 0.1) is 13.8 Å². The average Bonchev–Trinajstić information content (AvgIpc) is 2.38. The molecule has 2 aromatic carbocycles. The second-order valence-corrected chi connectivity index (χ2v) is 4.45. The molecule has 0 radical (unpaired) electrons. The van der Waals surface area contributed by atoms with Gasteiger partial charge in [0.2, 0.25) is 0 Å². The maximum Gasteiger partial charge on any atom is 0.259 e. The summed E-state index contributed by atoms with van der Waals surface area (Å²) in [6, 6.07) is 10.4. The predicted octanol–water partition coefficient (Wildman–Crippen LogP) is 2.84. The molecule has 0 heterocycles. The molecule has 0 aromatic heterocycles. The molecule has 19 heavy (non-hydrogen) atoms. The summed E-state index contributed by atoms with van der Waals surface area (Å²) in [5.41, 5.74) is 8.77. The van der Waals surface area contributed by atoms with Gasteiger partial charge in [-0.2, -0.15) is 0 Å². The molecular formula is C15H16N2O2. The summed E-state index contributed by atoms with van der Waals surface area (Å²) in [5, 5.41) is 12.6. The highest BCUT2D eigenvalue weighted by atomic mass is 16.3. The lowest BCUT2D eigenvalue weighted by atomic mass is 10.1. The number of anilines is 2. The number of aromatic hydroxyl groups is 1. The van der Waals surface area contributed by atoms with Crippen LogP contribution in [0.15, 0.2) is 36.4 Å². The fourth-order valence-electron chi connectivity index (χ4n) is 1.82. The van der Waals surface area contributed by atoms with Gasteiger partial charge in [-0.25, -0.2) is 0 Å². The number of nitrogens with two attached hydrogens (primary N) is 1. The number of nitrogen functional groups attached to an aromatic ring is 1. The molecule has 1 amide bonds. The molecule has 4 nitrogen and oxygen atoms in total. The lowest BCUT2D eigenvalue weighted by Gasteiger charge is -2.11. The van der Waals surface area contributed by atoms with E-state index in [1.54, 1.807) is 43.3 Å². The fourth-order valence-corrected chi connectivity index (χ4v) is 1.82. The van der Waals surface area contributed by atoms with Crippen LogP contribution in [0.4, 0.5) is 11.4 Å². The molecule has 0 spiro atoms. The van der Waals surface area contributed by atoms with Crippen molar-refractivity contribution in [3.05, 3.63) is 53.1 Å². The molecule has 0 saturated carbocycles. The van der Waals surface area contributed by atoms with Crippen LogP contribution in [0.3, 0.4) is 0 Å². The monoisotopic (exact) mass is 256 g/mol. The lowest BCUT2D eigenvalue weighted by molar-refractivity contribution is 0.102. The minimum atomic E-state index is -0.352. The Balaban J connectivity index is 2.31. The van der Waals surface area contributed by atoms with Crippen LogP contribution in [-0.2, 0) is 0 Å². The first-order valence-corrected chi connectivity index (χ1v) is 5.95. The Bertz CT molecular complexity index is 636. The summed E-state index contributed by atoms with van der Waals surface area (Å²) in [7, 11) is 0. The van der Waals surface area contributed by atoms with Crippen LogP contribution in [-0.4, -0.2) is 11.0 Å². The topological polar surface area (TPSA) is 75.4 Å². The maximum atomic E-state index is 12.1. The molecule has 0 atom stereocenters. The Kier molecular flexibility index (Phi) is 3.42. The highest BCUT2D eigenvalue weighted by Crippen LogP contribution is 2.25. The third-order valence-corrected chi connectivity index (χ3v) is 3.11. The number of benzene rings is 2. The van der Waals surface area contributed by atoms with Gasteiger partial charge in [0.15, 0.2) is 0 Å². The van der Waals surface area contributed by atoms with Crippen LogP contribution in [0.5, 0.6) is 5.75 Å². The van der Waals surface area contributed by atoms with Gasteiger partial charge in [0.05, 0.1) is 5.56 Å². The molecule has 4 N–H and O–H groups in total. The zero-order valence-corrected chi connectivity index (χ0v) is 10.9. The second kappa shape index (κ2) is 5.02. The van der Waals surface area contributed by atoms with E-state index in [4.69, 9.17) is 5.73 Å². The van der Waals surface area contributed by atoms with Gasteiger partial charge in [-0.15, -0.1) is 0 Å². The van der Waals surface area contributed by atoms with Crippen molar-refractivity contribution in [2.24, 2.45) is 0 Å². The Morgan fingerprint density at radius 3 is 2.58 bits per heavy atom. The molecule has 0 unspecified atom stereocenters. The zero-order chi connectivity index (χ0) is 14.0. The van der Waals surface area contributed by atoms with Crippen molar-refractivity contribution < 1.29 is 9.90 Å². The van der Waals surface area contributed by atoms with Crippen molar-refractivity contribution in [1.82, 2.24) is 0 Å². The standard InChI is InChI=1S/C15H16N2O2/c1-9-5-3-6-11(14(9)18)15(19)17-13-8-4-7-12(16)10(13)2/h3-8,18H,16H2,1-2H3,(H,17,19).